The van der Waals surface area contributed by atoms with Gasteiger partial charge in [-0.15, -0.1) is 0 Å². The maximum absolute atomic E-state index is 11.9. The van der Waals surface area contributed by atoms with Crippen molar-refractivity contribution in [3.05, 3.63) is 12.3 Å². The standard InChI is InChI=1S/C8H13F2NO2/c1-4-11(5-2)8(12)13-6(3)7(9)10/h7H,3-5H2,1-2H3. The molecule has 13 heavy (non-hydrogen) atoms. The molecule has 0 saturated heterocycles. The van der Waals surface area contributed by atoms with Crippen LogP contribution in [0.15, 0.2) is 12.3 Å². The van der Waals surface area contributed by atoms with E-state index in [4.69, 9.17) is 0 Å². The van der Waals surface area contributed by atoms with Gasteiger partial charge in [-0.2, -0.15) is 0 Å². The van der Waals surface area contributed by atoms with Crippen molar-refractivity contribution in [2.24, 2.45) is 0 Å². The van der Waals surface area contributed by atoms with E-state index in [-0.39, 0.29) is 0 Å². The SMILES string of the molecule is C=C(OC(=O)N(CC)CC)C(F)F. The zero-order valence-corrected chi connectivity index (χ0v) is 7.72. The van der Waals surface area contributed by atoms with E-state index in [2.05, 4.69) is 11.3 Å². The molecule has 1 amide bonds. The largest absolute Gasteiger partial charge is 0.415 e. The van der Waals surface area contributed by atoms with Crippen LogP contribution in [0, 0.1) is 0 Å². The summed E-state index contributed by atoms with van der Waals surface area (Å²) in [6, 6.07) is 0. The Morgan fingerprint density at radius 2 is 1.92 bits per heavy atom. The lowest BCUT2D eigenvalue weighted by Crippen LogP contribution is -2.31. The van der Waals surface area contributed by atoms with Crippen LogP contribution in [-0.2, 0) is 4.74 Å². The molecule has 76 valence electrons. The Bertz CT molecular complexity index is 191. The van der Waals surface area contributed by atoms with Gasteiger partial charge >= 0.3 is 6.09 Å². The fourth-order valence-electron chi connectivity index (χ4n) is 0.703. The van der Waals surface area contributed by atoms with Gasteiger partial charge in [0.1, 0.15) is 0 Å². The second-order valence-corrected chi connectivity index (χ2v) is 2.31. The quantitative estimate of drug-likeness (QED) is 0.641. The maximum atomic E-state index is 11.9. The van der Waals surface area contributed by atoms with Crippen LogP contribution in [0.5, 0.6) is 0 Å². The number of hydrogen-bond acceptors (Lipinski definition) is 2. The van der Waals surface area contributed by atoms with E-state index in [0.29, 0.717) is 13.1 Å². The summed E-state index contributed by atoms with van der Waals surface area (Å²) < 4.78 is 28.0. The fourth-order valence-corrected chi connectivity index (χ4v) is 0.703. The van der Waals surface area contributed by atoms with Crippen LogP contribution in [0.2, 0.25) is 0 Å². The summed E-state index contributed by atoms with van der Waals surface area (Å²) >= 11 is 0. The number of carbonyl (C=O) groups excluding carboxylic acids is 1. The minimum absolute atomic E-state index is 0.422. The molecule has 0 unspecified atom stereocenters. The molecule has 0 aromatic heterocycles. The van der Waals surface area contributed by atoms with E-state index < -0.39 is 18.3 Å². The van der Waals surface area contributed by atoms with Gasteiger partial charge in [-0.25, -0.2) is 13.6 Å². The van der Waals surface area contributed by atoms with Crippen LogP contribution >= 0.6 is 0 Å². The van der Waals surface area contributed by atoms with Crippen molar-refractivity contribution in [3.63, 3.8) is 0 Å². The number of hydrogen-bond donors (Lipinski definition) is 0. The fraction of sp³-hybridized carbons (Fsp3) is 0.625. The number of rotatable bonds is 4. The van der Waals surface area contributed by atoms with Gasteiger partial charge in [-0.1, -0.05) is 6.58 Å². The van der Waals surface area contributed by atoms with Gasteiger partial charge in [0, 0.05) is 13.1 Å². The monoisotopic (exact) mass is 193 g/mol. The topological polar surface area (TPSA) is 29.5 Å². The van der Waals surface area contributed by atoms with Gasteiger partial charge in [0.15, 0.2) is 5.76 Å². The molecular formula is C8H13F2NO2. The van der Waals surface area contributed by atoms with Crippen molar-refractivity contribution in [2.75, 3.05) is 13.1 Å². The van der Waals surface area contributed by atoms with Gasteiger partial charge in [0.2, 0.25) is 0 Å². The molecule has 0 radical (unpaired) electrons. The van der Waals surface area contributed by atoms with Crippen molar-refractivity contribution >= 4 is 6.09 Å². The Morgan fingerprint density at radius 1 is 1.46 bits per heavy atom. The first kappa shape index (κ1) is 11.9. The van der Waals surface area contributed by atoms with Crippen molar-refractivity contribution in [3.8, 4) is 0 Å². The number of nitrogens with zero attached hydrogens (tertiary/aromatic N) is 1. The molecule has 0 fully saturated rings. The van der Waals surface area contributed by atoms with Gasteiger partial charge in [0.05, 0.1) is 0 Å². The molecule has 0 heterocycles. The lowest BCUT2D eigenvalue weighted by molar-refractivity contribution is 0.0824. The second-order valence-electron chi connectivity index (χ2n) is 2.31. The first-order valence-electron chi connectivity index (χ1n) is 3.96. The van der Waals surface area contributed by atoms with Crippen LogP contribution in [0.25, 0.3) is 0 Å². The highest BCUT2D eigenvalue weighted by Gasteiger charge is 2.17. The van der Waals surface area contributed by atoms with Crippen molar-refractivity contribution in [2.45, 2.75) is 20.3 Å². The van der Waals surface area contributed by atoms with Crippen LogP contribution < -0.4 is 0 Å². The lowest BCUT2D eigenvalue weighted by Gasteiger charge is -2.18. The van der Waals surface area contributed by atoms with Crippen LogP contribution in [0.4, 0.5) is 13.6 Å². The molecule has 5 heteroatoms. The zero-order valence-electron chi connectivity index (χ0n) is 7.72. The van der Waals surface area contributed by atoms with E-state index in [1.807, 2.05) is 0 Å². The Hall–Kier alpha value is -1.13. The normalized spacial score (nSPS) is 9.92. The minimum atomic E-state index is -2.82. The molecule has 0 aliphatic rings. The summed E-state index contributed by atoms with van der Waals surface area (Å²) in [6.07, 6.45) is -3.60. The van der Waals surface area contributed by atoms with Crippen molar-refractivity contribution in [1.82, 2.24) is 4.90 Å². The van der Waals surface area contributed by atoms with E-state index in [9.17, 15) is 13.6 Å². The van der Waals surface area contributed by atoms with Gasteiger partial charge in [-0.3, -0.25) is 0 Å². The number of alkyl halides is 2. The Labute approximate surface area is 76.0 Å². The van der Waals surface area contributed by atoms with Gasteiger partial charge in [0.25, 0.3) is 6.43 Å². The third kappa shape index (κ3) is 3.87. The third-order valence-corrected chi connectivity index (χ3v) is 1.48. The molecule has 0 saturated carbocycles. The summed E-state index contributed by atoms with van der Waals surface area (Å²) in [6.45, 7) is 7.23. The first-order valence-corrected chi connectivity index (χ1v) is 3.96. The maximum Gasteiger partial charge on any atom is 0.415 e. The number of carbonyl (C=O) groups is 1. The van der Waals surface area contributed by atoms with E-state index in [1.54, 1.807) is 13.8 Å². The third-order valence-electron chi connectivity index (χ3n) is 1.48. The number of amides is 1. The average molecular weight is 193 g/mol. The van der Waals surface area contributed by atoms with E-state index in [1.165, 1.54) is 4.90 Å². The molecule has 0 atom stereocenters. The molecule has 0 aromatic carbocycles. The van der Waals surface area contributed by atoms with Crippen molar-refractivity contribution in [1.29, 1.82) is 0 Å². The summed E-state index contributed by atoms with van der Waals surface area (Å²) in [5, 5.41) is 0. The van der Waals surface area contributed by atoms with Gasteiger partial charge in [-0.05, 0) is 13.8 Å². The van der Waals surface area contributed by atoms with Gasteiger partial charge < -0.3 is 9.64 Å². The smallest absolute Gasteiger partial charge is 0.409 e. The number of halogens is 2. The molecular weight excluding hydrogens is 180 g/mol. The highest BCUT2D eigenvalue weighted by molar-refractivity contribution is 5.68. The van der Waals surface area contributed by atoms with Crippen LogP contribution in [-0.4, -0.2) is 30.5 Å². The highest BCUT2D eigenvalue weighted by Crippen LogP contribution is 2.09. The molecule has 0 bridgehead atoms. The van der Waals surface area contributed by atoms with E-state index in [0.717, 1.165) is 0 Å². The Kier molecular flexibility index (Phi) is 5.03. The molecule has 0 N–H and O–H groups in total. The predicted molar refractivity (Wildman–Crippen MR) is 44.5 cm³/mol. The lowest BCUT2D eigenvalue weighted by atomic mass is 10.5. The first-order chi connectivity index (χ1) is 6.02. The summed E-state index contributed by atoms with van der Waals surface area (Å²) in [5.41, 5.74) is 0. The summed E-state index contributed by atoms with van der Waals surface area (Å²) in [5.74, 6) is -0.808. The molecule has 0 rings (SSSR count). The zero-order chi connectivity index (χ0) is 10.4. The van der Waals surface area contributed by atoms with Crippen molar-refractivity contribution < 1.29 is 18.3 Å². The number of allylic oxidation sites excluding steroid dienone is 1. The predicted octanol–water partition coefficient (Wildman–Crippen LogP) is 2.24. The second kappa shape index (κ2) is 5.50. The molecule has 3 nitrogen and oxygen atoms in total. The van der Waals surface area contributed by atoms with Crippen LogP contribution in [0.1, 0.15) is 13.8 Å². The van der Waals surface area contributed by atoms with Crippen LogP contribution in [0.3, 0.4) is 0 Å². The highest BCUT2D eigenvalue weighted by atomic mass is 19.3. The van der Waals surface area contributed by atoms with E-state index >= 15 is 0 Å². The molecule has 0 aliphatic carbocycles. The Balaban J connectivity index is 4.06. The number of ether oxygens (including phenoxy) is 1. The minimum Gasteiger partial charge on any atom is -0.409 e. The molecule has 0 aliphatic heterocycles. The molecule has 0 aromatic rings. The summed E-state index contributed by atoms with van der Waals surface area (Å²) in [4.78, 5) is 12.3. The summed E-state index contributed by atoms with van der Waals surface area (Å²) in [7, 11) is 0. The average Bonchev–Trinajstić information content (AvgIpc) is 2.06. The Morgan fingerprint density at radius 3 is 2.23 bits per heavy atom. The molecule has 0 spiro atoms.